The van der Waals surface area contributed by atoms with Crippen molar-refractivity contribution in [1.29, 1.82) is 0 Å². The van der Waals surface area contributed by atoms with Gasteiger partial charge in [0.15, 0.2) is 5.82 Å². The Bertz CT molecular complexity index is 1070. The number of thioether (sulfide) groups is 1. The van der Waals surface area contributed by atoms with Crippen LogP contribution in [-0.4, -0.2) is 35.9 Å². The molecule has 1 aliphatic rings. The molecule has 2 heterocycles. The summed E-state index contributed by atoms with van der Waals surface area (Å²) in [5, 5.41) is 0.721. The fraction of sp³-hybridized carbons (Fsp3) is 0.227. The Morgan fingerprint density at radius 2 is 1.93 bits per heavy atom. The van der Waals surface area contributed by atoms with Crippen LogP contribution >= 0.6 is 11.8 Å². The first-order valence-electron chi connectivity index (χ1n) is 9.10. The number of fused-ring (bicyclic) bond motifs is 2. The highest BCUT2D eigenvalue weighted by Gasteiger charge is 2.25. The zero-order chi connectivity index (χ0) is 20.4. The highest BCUT2D eigenvalue weighted by molar-refractivity contribution is 7.99. The van der Waals surface area contributed by atoms with Crippen LogP contribution < -0.4 is 9.47 Å². The first-order valence-corrected chi connectivity index (χ1v) is 10.1. The molecule has 0 fully saturated rings. The van der Waals surface area contributed by atoms with E-state index < -0.39 is 0 Å². The topological polar surface area (TPSA) is 70.5 Å². The van der Waals surface area contributed by atoms with Gasteiger partial charge in [0.2, 0.25) is 5.88 Å². The van der Waals surface area contributed by atoms with Crippen LogP contribution in [0.1, 0.15) is 16.7 Å². The third-order valence-electron chi connectivity index (χ3n) is 4.69. The van der Waals surface area contributed by atoms with Crippen LogP contribution in [-0.2, 0) is 16.0 Å². The smallest absolute Gasteiger partial charge is 0.316 e. The molecule has 148 valence electrons. The SMILES string of the molecule is COC(=O)CSc1nc(-c2ccc(OC)cc2)nc2c1Cc1cccc(C)c1O2. The zero-order valence-electron chi connectivity index (χ0n) is 16.4. The first-order chi connectivity index (χ1) is 14.1. The van der Waals surface area contributed by atoms with Crippen molar-refractivity contribution >= 4 is 17.7 Å². The van der Waals surface area contributed by atoms with Crippen LogP contribution in [0.15, 0.2) is 47.5 Å². The van der Waals surface area contributed by atoms with Crippen molar-refractivity contribution in [3.63, 3.8) is 0 Å². The summed E-state index contributed by atoms with van der Waals surface area (Å²) >= 11 is 1.33. The summed E-state index contributed by atoms with van der Waals surface area (Å²) in [6.45, 7) is 2.02. The van der Waals surface area contributed by atoms with Crippen molar-refractivity contribution < 1.29 is 19.0 Å². The van der Waals surface area contributed by atoms with Crippen LogP contribution in [0.3, 0.4) is 0 Å². The molecule has 0 saturated heterocycles. The quantitative estimate of drug-likeness (QED) is 0.275. The van der Waals surface area contributed by atoms with E-state index in [2.05, 4.69) is 4.98 Å². The average Bonchev–Trinajstić information content (AvgIpc) is 2.76. The standard InChI is InChI=1S/C22H20N2O4S/c1-13-5-4-6-15-11-17-21(28-19(13)15)23-20(14-7-9-16(26-2)10-8-14)24-22(17)29-12-18(25)27-3/h4-10H,11-12H2,1-3H3. The summed E-state index contributed by atoms with van der Waals surface area (Å²) in [7, 11) is 3.00. The number of aromatic nitrogens is 2. The lowest BCUT2D eigenvalue weighted by Crippen LogP contribution is -2.11. The number of hydrogen-bond acceptors (Lipinski definition) is 7. The van der Waals surface area contributed by atoms with Crippen molar-refractivity contribution in [2.24, 2.45) is 0 Å². The van der Waals surface area contributed by atoms with Crippen molar-refractivity contribution in [2.75, 3.05) is 20.0 Å². The van der Waals surface area contributed by atoms with Gasteiger partial charge in [-0.2, -0.15) is 4.98 Å². The Hall–Kier alpha value is -3.06. The molecule has 1 aliphatic heterocycles. The van der Waals surface area contributed by atoms with E-state index in [4.69, 9.17) is 19.2 Å². The predicted octanol–water partition coefficient (Wildman–Crippen LogP) is 4.42. The maximum Gasteiger partial charge on any atom is 0.316 e. The number of para-hydroxylation sites is 1. The largest absolute Gasteiger partial charge is 0.497 e. The van der Waals surface area contributed by atoms with Gasteiger partial charge in [0.05, 0.1) is 25.5 Å². The van der Waals surface area contributed by atoms with Crippen LogP contribution in [0.5, 0.6) is 17.4 Å². The molecule has 2 aromatic carbocycles. The second-order valence-electron chi connectivity index (χ2n) is 6.57. The fourth-order valence-corrected chi connectivity index (χ4v) is 4.00. The molecule has 0 radical (unpaired) electrons. The number of methoxy groups -OCH3 is 2. The van der Waals surface area contributed by atoms with Crippen LogP contribution in [0.25, 0.3) is 11.4 Å². The van der Waals surface area contributed by atoms with Crippen molar-refractivity contribution in [3.8, 4) is 28.8 Å². The van der Waals surface area contributed by atoms with Crippen LogP contribution in [0, 0.1) is 6.92 Å². The lowest BCUT2D eigenvalue weighted by Gasteiger charge is -2.23. The second kappa shape index (κ2) is 8.13. The number of hydrogen-bond donors (Lipinski definition) is 0. The molecule has 29 heavy (non-hydrogen) atoms. The third-order valence-corrected chi connectivity index (χ3v) is 5.68. The Morgan fingerprint density at radius 3 is 2.66 bits per heavy atom. The number of esters is 1. The van der Waals surface area contributed by atoms with Gasteiger partial charge in [-0.15, -0.1) is 0 Å². The highest BCUT2D eigenvalue weighted by atomic mass is 32.2. The fourth-order valence-electron chi connectivity index (χ4n) is 3.14. The highest BCUT2D eigenvalue weighted by Crippen LogP contribution is 2.41. The first kappa shape index (κ1) is 19.3. The average molecular weight is 408 g/mol. The monoisotopic (exact) mass is 408 g/mol. The minimum Gasteiger partial charge on any atom is -0.497 e. The van der Waals surface area contributed by atoms with Gasteiger partial charge in [0.25, 0.3) is 0 Å². The summed E-state index contributed by atoms with van der Waals surface area (Å²) in [6.07, 6.45) is 0.652. The molecule has 0 unspecified atom stereocenters. The molecule has 0 bridgehead atoms. The van der Waals surface area contributed by atoms with Crippen molar-refractivity contribution in [1.82, 2.24) is 9.97 Å². The molecule has 0 amide bonds. The molecule has 0 aliphatic carbocycles. The summed E-state index contributed by atoms with van der Waals surface area (Å²) in [6, 6.07) is 13.6. The van der Waals surface area contributed by atoms with Gasteiger partial charge >= 0.3 is 5.97 Å². The van der Waals surface area contributed by atoms with E-state index in [1.165, 1.54) is 18.9 Å². The molecule has 0 saturated carbocycles. The maximum absolute atomic E-state index is 11.7. The van der Waals surface area contributed by atoms with Crippen LogP contribution in [0.4, 0.5) is 0 Å². The molecule has 1 aromatic heterocycles. The lowest BCUT2D eigenvalue weighted by atomic mass is 10.0. The molecule has 0 spiro atoms. The Kier molecular flexibility index (Phi) is 5.40. The van der Waals surface area contributed by atoms with Gasteiger partial charge in [-0.1, -0.05) is 30.0 Å². The van der Waals surface area contributed by atoms with E-state index in [-0.39, 0.29) is 11.7 Å². The minimum absolute atomic E-state index is 0.169. The number of ether oxygens (including phenoxy) is 3. The van der Waals surface area contributed by atoms with E-state index in [9.17, 15) is 4.79 Å². The van der Waals surface area contributed by atoms with Gasteiger partial charge in [-0.25, -0.2) is 4.98 Å². The predicted molar refractivity (Wildman–Crippen MR) is 111 cm³/mol. The third kappa shape index (κ3) is 3.91. The van der Waals surface area contributed by atoms with Crippen molar-refractivity contribution in [3.05, 3.63) is 59.2 Å². The molecule has 0 N–H and O–H groups in total. The van der Waals surface area contributed by atoms with E-state index >= 15 is 0 Å². The van der Waals surface area contributed by atoms with Crippen LogP contribution in [0.2, 0.25) is 0 Å². The van der Waals surface area contributed by atoms with E-state index in [0.717, 1.165) is 38.8 Å². The van der Waals surface area contributed by atoms with Gasteiger partial charge in [-0.05, 0) is 42.3 Å². The maximum atomic E-state index is 11.7. The van der Waals surface area contributed by atoms with E-state index in [0.29, 0.717) is 18.1 Å². The summed E-state index contributed by atoms with van der Waals surface area (Å²) in [5.74, 6) is 2.52. The van der Waals surface area contributed by atoms with Gasteiger partial charge in [0.1, 0.15) is 16.5 Å². The number of nitrogens with zero attached hydrogens (tertiary/aromatic N) is 2. The summed E-state index contributed by atoms with van der Waals surface area (Å²) < 4.78 is 16.2. The molecular weight excluding hydrogens is 388 g/mol. The number of rotatable bonds is 5. The molecular formula is C22H20N2O4S. The Morgan fingerprint density at radius 1 is 1.14 bits per heavy atom. The molecule has 0 atom stereocenters. The summed E-state index contributed by atoms with van der Waals surface area (Å²) in [5.41, 5.74) is 3.86. The number of carbonyl (C=O) groups is 1. The Labute approximate surface area is 173 Å². The summed E-state index contributed by atoms with van der Waals surface area (Å²) in [4.78, 5) is 21.1. The van der Waals surface area contributed by atoms with Gasteiger partial charge in [-0.3, -0.25) is 4.79 Å². The number of benzene rings is 2. The zero-order valence-corrected chi connectivity index (χ0v) is 17.2. The normalized spacial score (nSPS) is 11.8. The van der Waals surface area contributed by atoms with Gasteiger partial charge < -0.3 is 14.2 Å². The number of aryl methyl sites for hydroxylation is 1. The second-order valence-corrected chi connectivity index (χ2v) is 7.54. The Balaban J connectivity index is 1.77. The molecule has 7 heteroatoms. The molecule has 6 nitrogen and oxygen atoms in total. The molecule has 3 aromatic rings. The van der Waals surface area contributed by atoms with Gasteiger partial charge in [0, 0.05) is 12.0 Å². The minimum atomic E-state index is -0.304. The lowest BCUT2D eigenvalue weighted by molar-refractivity contribution is -0.137. The number of carbonyl (C=O) groups excluding carboxylic acids is 1. The van der Waals surface area contributed by atoms with E-state index in [1.54, 1.807) is 7.11 Å². The van der Waals surface area contributed by atoms with E-state index in [1.807, 2.05) is 49.4 Å². The molecule has 4 rings (SSSR count). The van der Waals surface area contributed by atoms with Crippen molar-refractivity contribution in [2.45, 2.75) is 18.4 Å².